The van der Waals surface area contributed by atoms with E-state index in [2.05, 4.69) is 55.5 Å². The van der Waals surface area contributed by atoms with Crippen molar-refractivity contribution >= 4 is 25.5 Å². The molecule has 0 N–H and O–H groups in total. The maximum atomic E-state index is 6.29. The van der Waals surface area contributed by atoms with Crippen molar-refractivity contribution in [2.24, 2.45) is 0 Å². The molecule has 0 aliphatic carbocycles. The van der Waals surface area contributed by atoms with E-state index in [-0.39, 0.29) is 18.3 Å². The van der Waals surface area contributed by atoms with Crippen LogP contribution >= 0.6 is 0 Å². The van der Waals surface area contributed by atoms with Crippen LogP contribution in [0.1, 0.15) is 66.7 Å². The predicted molar refractivity (Wildman–Crippen MR) is 96.3 cm³/mol. The predicted octanol–water partition coefficient (Wildman–Crippen LogP) is 5.39. The van der Waals surface area contributed by atoms with Crippen LogP contribution in [0.5, 0.6) is 0 Å². The molecule has 0 aromatic rings. The molecule has 21 heavy (non-hydrogen) atoms. The summed E-state index contributed by atoms with van der Waals surface area (Å²) in [6, 6.07) is 0. The number of unbranched alkanes of at least 4 members (excludes halogenated alkanes) is 4. The number of rotatable bonds is 7. The zero-order valence-electron chi connectivity index (χ0n) is 15.5. The molecule has 4 heteroatoms. The summed E-state index contributed by atoms with van der Waals surface area (Å²) in [5.74, 6) is 0. The van der Waals surface area contributed by atoms with Crippen LogP contribution in [-0.2, 0) is 9.31 Å². The molecule has 0 saturated carbocycles. The molecule has 2 nitrogen and oxygen atoms in total. The fourth-order valence-electron chi connectivity index (χ4n) is 2.55. The summed E-state index contributed by atoms with van der Waals surface area (Å²) in [4.78, 5) is 7.37. The third kappa shape index (κ3) is 5.28. The second-order valence-electron chi connectivity index (χ2n) is 8.35. The van der Waals surface area contributed by atoms with E-state index >= 15 is 0 Å². The normalized spacial score (nSPS) is 21.9. The summed E-state index contributed by atoms with van der Waals surface area (Å²) in [5.41, 5.74) is -0.452. The van der Waals surface area contributed by atoms with E-state index in [1.165, 1.54) is 35.6 Å². The minimum atomic E-state index is -2.21. The van der Waals surface area contributed by atoms with Crippen LogP contribution in [0.15, 0.2) is 9.56 Å². The fourth-order valence-corrected chi connectivity index (χ4v) is 7.07. The van der Waals surface area contributed by atoms with E-state index in [0.717, 1.165) is 0 Å². The first-order valence-corrected chi connectivity index (χ1v) is 18.6. The average molecular weight is 401 g/mol. The molecule has 0 radical (unpaired) electrons. The minimum absolute atomic E-state index is 0.114. The molecule has 0 amide bonds. The van der Waals surface area contributed by atoms with Gasteiger partial charge in [0.15, 0.2) is 0 Å². The van der Waals surface area contributed by atoms with E-state index in [9.17, 15) is 0 Å². The van der Waals surface area contributed by atoms with Crippen LogP contribution in [-0.4, -0.2) is 36.7 Å². The van der Waals surface area contributed by atoms with Crippen molar-refractivity contribution in [1.82, 2.24) is 0 Å². The number of hydrogen-bond acceptors (Lipinski definition) is 2. The van der Waals surface area contributed by atoms with Crippen LogP contribution in [0.4, 0.5) is 0 Å². The van der Waals surface area contributed by atoms with Crippen LogP contribution in [0.3, 0.4) is 0 Å². The third-order valence-corrected chi connectivity index (χ3v) is 11.0. The van der Waals surface area contributed by atoms with Crippen molar-refractivity contribution in [3.63, 3.8) is 0 Å². The van der Waals surface area contributed by atoms with Gasteiger partial charge in [0.1, 0.15) is 0 Å². The molecule has 1 aliphatic heterocycles. The summed E-state index contributed by atoms with van der Waals surface area (Å²) in [7, 11) is -0.114. The Balaban J connectivity index is 2.79. The average Bonchev–Trinajstić information content (AvgIpc) is 2.50. The molecule has 0 aromatic carbocycles. The first-order chi connectivity index (χ1) is 9.51. The Kier molecular flexibility index (Phi) is 6.89. The van der Waals surface area contributed by atoms with Gasteiger partial charge in [0.05, 0.1) is 0 Å². The second-order valence-corrected chi connectivity index (χ2v) is 22.8. The van der Waals surface area contributed by atoms with Crippen molar-refractivity contribution in [2.75, 3.05) is 0 Å². The standard InChI is InChI=1S/C14H26BO2.3CH3.Sn/c1-6-7-8-9-10-11-12-15-16-13(2,3)14(4,5)17-15;;;;/h11H,6-10H2,1-5H3;3*1H3;. The number of allylic oxidation sites excluding steroid dienone is 1. The van der Waals surface area contributed by atoms with Crippen LogP contribution in [0.2, 0.25) is 14.8 Å². The molecule has 1 aliphatic rings. The van der Waals surface area contributed by atoms with Crippen molar-refractivity contribution < 1.29 is 9.31 Å². The second kappa shape index (κ2) is 7.40. The quantitative estimate of drug-likeness (QED) is 0.421. The van der Waals surface area contributed by atoms with Crippen LogP contribution in [0, 0.1) is 0 Å². The van der Waals surface area contributed by atoms with E-state index < -0.39 is 18.4 Å². The molecule has 0 bridgehead atoms. The van der Waals surface area contributed by atoms with Gasteiger partial charge < -0.3 is 0 Å². The Morgan fingerprint density at radius 3 is 1.90 bits per heavy atom. The zero-order chi connectivity index (χ0) is 16.3. The van der Waals surface area contributed by atoms with Gasteiger partial charge >= 0.3 is 137 Å². The Bertz CT molecular complexity index is 353. The van der Waals surface area contributed by atoms with Crippen molar-refractivity contribution in [1.29, 1.82) is 0 Å². The first-order valence-electron chi connectivity index (χ1n) is 8.57. The maximum absolute atomic E-state index is 6.29. The van der Waals surface area contributed by atoms with E-state index in [0.29, 0.717) is 0 Å². The molecule has 1 rings (SSSR count). The first kappa shape index (κ1) is 19.6. The van der Waals surface area contributed by atoms with Gasteiger partial charge in [-0.3, -0.25) is 0 Å². The van der Waals surface area contributed by atoms with E-state index in [4.69, 9.17) is 9.31 Å². The van der Waals surface area contributed by atoms with Gasteiger partial charge in [-0.1, -0.05) is 0 Å². The SMILES string of the molecule is CCCCCC/C=[C](/B1OC(C)(C)C(C)(C)O1)[Sn]([CH3])([CH3])[CH3]. The van der Waals surface area contributed by atoms with Gasteiger partial charge in [0.2, 0.25) is 0 Å². The van der Waals surface area contributed by atoms with Gasteiger partial charge in [-0.15, -0.1) is 0 Å². The number of hydrogen-bond donors (Lipinski definition) is 0. The Morgan fingerprint density at radius 1 is 0.952 bits per heavy atom. The summed E-state index contributed by atoms with van der Waals surface area (Å²) in [5, 5.41) is 0. The van der Waals surface area contributed by atoms with Gasteiger partial charge in [-0.25, -0.2) is 0 Å². The molecular formula is C17H35BO2Sn. The van der Waals surface area contributed by atoms with Gasteiger partial charge in [0, 0.05) is 0 Å². The van der Waals surface area contributed by atoms with Crippen LogP contribution < -0.4 is 0 Å². The Labute approximate surface area is 137 Å². The molecule has 122 valence electrons. The summed E-state index contributed by atoms with van der Waals surface area (Å²) in [6.07, 6.45) is 8.90. The Morgan fingerprint density at radius 2 is 1.48 bits per heavy atom. The van der Waals surface area contributed by atoms with E-state index in [1.807, 2.05) is 0 Å². The van der Waals surface area contributed by atoms with Crippen molar-refractivity contribution in [2.45, 2.75) is 92.7 Å². The zero-order valence-corrected chi connectivity index (χ0v) is 18.4. The molecule has 1 saturated heterocycles. The van der Waals surface area contributed by atoms with E-state index in [1.54, 1.807) is 0 Å². The fraction of sp³-hybridized carbons (Fsp3) is 0.882. The Hall–Kier alpha value is 0.524. The topological polar surface area (TPSA) is 18.5 Å². The molecular weight excluding hydrogens is 366 g/mol. The summed E-state index contributed by atoms with van der Waals surface area (Å²) >= 11 is -2.21. The molecule has 0 aromatic heterocycles. The van der Waals surface area contributed by atoms with Crippen LogP contribution in [0.25, 0.3) is 0 Å². The van der Waals surface area contributed by atoms with Gasteiger partial charge in [-0.05, 0) is 0 Å². The van der Waals surface area contributed by atoms with Gasteiger partial charge in [-0.2, -0.15) is 0 Å². The van der Waals surface area contributed by atoms with Crippen molar-refractivity contribution in [3.8, 4) is 0 Å². The molecule has 0 unspecified atom stereocenters. The van der Waals surface area contributed by atoms with Gasteiger partial charge in [0.25, 0.3) is 0 Å². The molecule has 1 fully saturated rings. The molecule has 0 spiro atoms. The molecule has 0 atom stereocenters. The summed E-state index contributed by atoms with van der Waals surface area (Å²) in [6.45, 7) is 10.8. The summed E-state index contributed by atoms with van der Waals surface area (Å²) < 4.78 is 14.1. The molecule has 1 heterocycles. The van der Waals surface area contributed by atoms with Crippen molar-refractivity contribution in [3.05, 3.63) is 9.56 Å². The third-order valence-electron chi connectivity index (χ3n) is 4.80. The monoisotopic (exact) mass is 402 g/mol.